The van der Waals surface area contributed by atoms with Crippen molar-refractivity contribution in [3.8, 4) is 0 Å². The third kappa shape index (κ3) is 3.70. The Morgan fingerprint density at radius 2 is 1.54 bits per heavy atom. The smallest absolute Gasteiger partial charge is 0.247 e. The van der Waals surface area contributed by atoms with Crippen LogP contribution in [0.1, 0.15) is 94.7 Å². The van der Waals surface area contributed by atoms with Gasteiger partial charge in [0.1, 0.15) is 6.04 Å². The van der Waals surface area contributed by atoms with Crippen LogP contribution in [0.2, 0.25) is 0 Å². The Kier molecular flexibility index (Phi) is 5.75. The Labute approximate surface area is 169 Å². The lowest BCUT2D eigenvalue weighted by molar-refractivity contribution is -0.168. The molecule has 0 radical (unpaired) electrons. The molecule has 3 aliphatic rings. The molecule has 2 saturated carbocycles. The summed E-state index contributed by atoms with van der Waals surface area (Å²) in [5.41, 5.74) is 2.22. The van der Waals surface area contributed by atoms with E-state index in [1.165, 1.54) is 24.8 Å². The first-order chi connectivity index (χ1) is 13.6. The Morgan fingerprint density at radius 1 is 0.929 bits per heavy atom. The number of hydrogen-bond donors (Lipinski definition) is 1. The molecule has 1 N–H and O–H groups in total. The molecule has 4 rings (SSSR count). The lowest BCUT2D eigenvalue weighted by atomic mass is 9.74. The minimum atomic E-state index is -0.477. The zero-order valence-electron chi connectivity index (χ0n) is 17.3. The van der Waals surface area contributed by atoms with Gasteiger partial charge in [-0.2, -0.15) is 0 Å². The molecule has 1 saturated heterocycles. The zero-order valence-corrected chi connectivity index (χ0v) is 17.3. The molecule has 1 aliphatic heterocycles. The number of likely N-dealkylation sites (tertiary alicyclic amines) is 1. The zero-order chi connectivity index (χ0) is 19.7. The molecule has 2 amide bonds. The molecule has 3 fully saturated rings. The van der Waals surface area contributed by atoms with E-state index in [4.69, 9.17) is 0 Å². The van der Waals surface area contributed by atoms with Gasteiger partial charge in [-0.15, -0.1) is 0 Å². The van der Waals surface area contributed by atoms with Gasteiger partial charge < -0.3 is 10.2 Å². The number of rotatable bonds is 5. The van der Waals surface area contributed by atoms with E-state index in [1.54, 1.807) is 0 Å². The van der Waals surface area contributed by atoms with Crippen molar-refractivity contribution in [2.75, 3.05) is 0 Å². The summed E-state index contributed by atoms with van der Waals surface area (Å²) >= 11 is 0. The maximum atomic E-state index is 13.4. The van der Waals surface area contributed by atoms with Gasteiger partial charge in [-0.25, -0.2) is 0 Å². The summed E-state index contributed by atoms with van der Waals surface area (Å²) < 4.78 is 0. The second-order valence-electron chi connectivity index (χ2n) is 9.27. The van der Waals surface area contributed by atoms with Gasteiger partial charge in [-0.1, -0.05) is 70.2 Å². The summed E-state index contributed by atoms with van der Waals surface area (Å²) in [5.74, 6) is 0.800. The maximum absolute atomic E-state index is 13.4. The molecule has 28 heavy (non-hydrogen) atoms. The van der Waals surface area contributed by atoms with Gasteiger partial charge >= 0.3 is 0 Å². The van der Waals surface area contributed by atoms with Gasteiger partial charge in [-0.3, -0.25) is 9.59 Å². The normalized spacial score (nSPS) is 26.5. The predicted octanol–water partition coefficient (Wildman–Crippen LogP) is 4.70. The number of hydrogen-bond acceptors (Lipinski definition) is 2. The number of nitrogens with zero attached hydrogens (tertiary/aromatic N) is 1. The number of nitrogens with one attached hydrogen (secondary N) is 1. The van der Waals surface area contributed by atoms with Crippen LogP contribution in [0.25, 0.3) is 0 Å². The summed E-state index contributed by atoms with van der Waals surface area (Å²) in [4.78, 5) is 28.2. The van der Waals surface area contributed by atoms with E-state index in [0.717, 1.165) is 44.1 Å². The summed E-state index contributed by atoms with van der Waals surface area (Å²) in [7, 11) is 0. The monoisotopic (exact) mass is 382 g/mol. The number of β-lactam (4-membered cyclic amide) rings is 1. The van der Waals surface area contributed by atoms with E-state index in [2.05, 4.69) is 43.4 Å². The predicted molar refractivity (Wildman–Crippen MR) is 111 cm³/mol. The maximum Gasteiger partial charge on any atom is 0.247 e. The van der Waals surface area contributed by atoms with E-state index in [0.29, 0.717) is 5.92 Å². The van der Waals surface area contributed by atoms with Gasteiger partial charge in [-0.05, 0) is 42.7 Å². The molecular weight excluding hydrogens is 348 g/mol. The van der Waals surface area contributed by atoms with Crippen molar-refractivity contribution in [1.82, 2.24) is 10.2 Å². The highest BCUT2D eigenvalue weighted by Gasteiger charge is 2.52. The molecule has 2 aliphatic carbocycles. The summed E-state index contributed by atoms with van der Waals surface area (Å²) in [6, 6.07) is 8.38. The first-order valence-corrected chi connectivity index (χ1v) is 11.3. The highest BCUT2D eigenvalue weighted by molar-refractivity contribution is 5.93. The van der Waals surface area contributed by atoms with Crippen LogP contribution in [-0.4, -0.2) is 28.8 Å². The second kappa shape index (κ2) is 8.26. The van der Waals surface area contributed by atoms with Crippen molar-refractivity contribution in [3.05, 3.63) is 35.4 Å². The molecule has 0 spiro atoms. The molecule has 0 aromatic heterocycles. The van der Waals surface area contributed by atoms with Crippen LogP contribution in [0.3, 0.4) is 0 Å². The van der Waals surface area contributed by atoms with Crippen molar-refractivity contribution in [2.24, 2.45) is 5.92 Å². The fourth-order valence-corrected chi connectivity index (χ4v) is 5.35. The average Bonchev–Trinajstić information content (AvgIpc) is 2.72. The average molecular weight is 383 g/mol. The first kappa shape index (κ1) is 19.5. The molecule has 0 bridgehead atoms. The van der Waals surface area contributed by atoms with E-state index in [-0.39, 0.29) is 29.8 Å². The van der Waals surface area contributed by atoms with Gasteiger partial charge in [0.15, 0.2) is 0 Å². The van der Waals surface area contributed by atoms with Crippen molar-refractivity contribution >= 4 is 11.8 Å². The van der Waals surface area contributed by atoms with Crippen LogP contribution in [-0.2, 0) is 9.59 Å². The highest BCUT2D eigenvalue weighted by atomic mass is 16.2. The molecule has 152 valence electrons. The molecule has 3 atom stereocenters. The number of fused-ring (bicyclic) bond motifs is 1. The molecule has 1 aromatic rings. The number of carbonyl (C=O) groups is 2. The number of benzene rings is 1. The third-order valence-electron chi connectivity index (χ3n) is 7.06. The minimum absolute atomic E-state index is 0.0153. The van der Waals surface area contributed by atoms with E-state index >= 15 is 0 Å². The van der Waals surface area contributed by atoms with E-state index < -0.39 is 6.04 Å². The largest absolute Gasteiger partial charge is 0.351 e. The van der Waals surface area contributed by atoms with Crippen molar-refractivity contribution in [1.29, 1.82) is 0 Å². The van der Waals surface area contributed by atoms with Crippen LogP contribution in [0, 0.1) is 5.92 Å². The lowest BCUT2D eigenvalue weighted by Crippen LogP contribution is -2.65. The van der Waals surface area contributed by atoms with Gasteiger partial charge in [0, 0.05) is 12.1 Å². The van der Waals surface area contributed by atoms with Crippen LogP contribution in [0.4, 0.5) is 0 Å². The molecule has 1 aromatic carbocycles. The van der Waals surface area contributed by atoms with E-state index in [9.17, 15) is 9.59 Å². The summed E-state index contributed by atoms with van der Waals surface area (Å²) in [6.45, 7) is 4.35. The third-order valence-corrected chi connectivity index (χ3v) is 7.06. The van der Waals surface area contributed by atoms with Crippen molar-refractivity contribution in [2.45, 2.75) is 95.7 Å². The fraction of sp³-hybridized carbons (Fsp3) is 0.667. The standard InChI is InChI=1S/C24H34N2O2/c1-16(2)17-12-14-18(15-13-17)22(23(27)25-19-8-4-3-5-9-19)26-21-11-7-6-10-20(21)24(26)28/h12-16,19-22H,3-11H2,1-2H3,(H,25,27)/t20-,21+,22?/m1/s1. The number of carbonyl (C=O) groups excluding carboxylic acids is 2. The molecule has 4 heteroatoms. The molecule has 4 nitrogen and oxygen atoms in total. The second-order valence-corrected chi connectivity index (χ2v) is 9.27. The molecule has 1 unspecified atom stereocenters. The minimum Gasteiger partial charge on any atom is -0.351 e. The van der Waals surface area contributed by atoms with Crippen molar-refractivity contribution in [3.63, 3.8) is 0 Å². The van der Waals surface area contributed by atoms with Gasteiger partial charge in [0.05, 0.1) is 5.92 Å². The first-order valence-electron chi connectivity index (χ1n) is 11.3. The van der Waals surface area contributed by atoms with Crippen LogP contribution < -0.4 is 5.32 Å². The van der Waals surface area contributed by atoms with Crippen LogP contribution >= 0.6 is 0 Å². The van der Waals surface area contributed by atoms with Crippen molar-refractivity contribution < 1.29 is 9.59 Å². The molecular formula is C24H34N2O2. The van der Waals surface area contributed by atoms with Gasteiger partial charge in [0.2, 0.25) is 11.8 Å². The SMILES string of the molecule is CC(C)c1ccc(C(C(=O)NC2CCCCC2)N2C(=O)[C@@H]3CCCC[C@@H]32)cc1. The Bertz CT molecular complexity index is 706. The van der Waals surface area contributed by atoms with Crippen LogP contribution in [0.5, 0.6) is 0 Å². The summed E-state index contributed by atoms with van der Waals surface area (Å²) in [6.07, 6.45) is 10.1. The van der Waals surface area contributed by atoms with E-state index in [1.807, 2.05) is 4.90 Å². The molecule has 1 heterocycles. The topological polar surface area (TPSA) is 49.4 Å². The Morgan fingerprint density at radius 3 is 2.21 bits per heavy atom. The fourth-order valence-electron chi connectivity index (χ4n) is 5.35. The number of amides is 2. The quantitative estimate of drug-likeness (QED) is 0.750. The van der Waals surface area contributed by atoms with Crippen LogP contribution in [0.15, 0.2) is 24.3 Å². The summed E-state index contributed by atoms with van der Waals surface area (Å²) in [5, 5.41) is 3.29. The van der Waals surface area contributed by atoms with Gasteiger partial charge in [0.25, 0.3) is 0 Å². The lowest BCUT2D eigenvalue weighted by Gasteiger charge is -2.53. The Hall–Kier alpha value is -1.84. The Balaban J connectivity index is 1.58. The highest BCUT2D eigenvalue weighted by Crippen LogP contribution is 2.43.